The summed E-state index contributed by atoms with van der Waals surface area (Å²) >= 11 is 17.4. The van der Waals surface area contributed by atoms with Crippen molar-refractivity contribution in [3.05, 3.63) is 0 Å². The van der Waals surface area contributed by atoms with Gasteiger partial charge in [-0.05, 0) is 0 Å². The molecule has 0 amide bonds. The number of ether oxygens (including phenoxy) is 2. The second-order valence-corrected chi connectivity index (χ2v) is 4.13. The third kappa shape index (κ3) is 2.41. The van der Waals surface area contributed by atoms with Crippen molar-refractivity contribution in [3.63, 3.8) is 0 Å². The summed E-state index contributed by atoms with van der Waals surface area (Å²) in [6, 6.07) is 0. The van der Waals surface area contributed by atoms with Crippen LogP contribution in [0.2, 0.25) is 0 Å². The number of halogens is 3. The summed E-state index contributed by atoms with van der Waals surface area (Å²) in [7, 11) is 1.43. The lowest BCUT2D eigenvalue weighted by Crippen LogP contribution is -2.54. The van der Waals surface area contributed by atoms with Crippen LogP contribution in [0.3, 0.4) is 0 Å². The Labute approximate surface area is 91.9 Å². The van der Waals surface area contributed by atoms with Crippen LogP contribution in [0.5, 0.6) is 0 Å². The lowest BCUT2D eigenvalue weighted by Gasteiger charge is -2.38. The molecule has 1 aliphatic heterocycles. The van der Waals surface area contributed by atoms with E-state index in [2.05, 4.69) is 0 Å². The molecule has 5 atom stereocenters. The first kappa shape index (κ1) is 11.8. The lowest BCUT2D eigenvalue weighted by atomic mass is 10.1. The monoisotopic (exact) mass is 248 g/mol. The third-order valence-corrected chi connectivity index (χ3v) is 3.47. The molecule has 1 rings (SSSR count). The minimum absolute atomic E-state index is 0.226. The van der Waals surface area contributed by atoms with Gasteiger partial charge in [-0.3, -0.25) is 0 Å². The number of methoxy groups -OCH3 is 1. The highest BCUT2D eigenvalue weighted by Gasteiger charge is 2.43. The zero-order valence-electron chi connectivity index (χ0n) is 6.99. The Morgan fingerprint density at radius 2 is 2.00 bits per heavy atom. The fraction of sp³-hybridized carbons (Fsp3) is 1.00. The van der Waals surface area contributed by atoms with E-state index in [1.54, 1.807) is 0 Å². The van der Waals surface area contributed by atoms with E-state index < -0.39 is 23.1 Å². The second-order valence-electron chi connectivity index (χ2n) is 2.81. The number of aliphatic hydroxyl groups is 1. The van der Waals surface area contributed by atoms with Crippen LogP contribution in [0.25, 0.3) is 0 Å². The standard InChI is InChI=1S/C7H11Cl3O3/c1-12-7-6(11)5(10)4(9)3(2-8)13-7/h3-7,11H,2H2,1H3/t3-,4+,5+,6+,7+/m0/s1. The highest BCUT2D eigenvalue weighted by Crippen LogP contribution is 2.29. The Bertz CT molecular complexity index is 149. The van der Waals surface area contributed by atoms with Crippen molar-refractivity contribution in [2.24, 2.45) is 0 Å². The number of rotatable bonds is 2. The molecule has 3 nitrogen and oxygen atoms in total. The average Bonchev–Trinajstić information content (AvgIpc) is 2.15. The Kier molecular flexibility index (Phi) is 4.55. The van der Waals surface area contributed by atoms with E-state index in [-0.39, 0.29) is 12.0 Å². The Morgan fingerprint density at radius 1 is 1.38 bits per heavy atom. The van der Waals surface area contributed by atoms with Crippen LogP contribution in [0, 0.1) is 0 Å². The van der Waals surface area contributed by atoms with Gasteiger partial charge in [-0.2, -0.15) is 0 Å². The van der Waals surface area contributed by atoms with Crippen molar-refractivity contribution in [2.45, 2.75) is 29.3 Å². The molecule has 1 fully saturated rings. The van der Waals surface area contributed by atoms with E-state index >= 15 is 0 Å². The minimum atomic E-state index is -0.923. The average molecular weight is 250 g/mol. The van der Waals surface area contributed by atoms with Crippen molar-refractivity contribution in [1.29, 1.82) is 0 Å². The van der Waals surface area contributed by atoms with Gasteiger partial charge in [-0.25, -0.2) is 0 Å². The van der Waals surface area contributed by atoms with E-state index in [1.165, 1.54) is 7.11 Å². The molecule has 0 spiro atoms. The predicted octanol–water partition coefficient (Wildman–Crippen LogP) is 1.17. The minimum Gasteiger partial charge on any atom is -0.386 e. The van der Waals surface area contributed by atoms with Gasteiger partial charge >= 0.3 is 0 Å². The summed E-state index contributed by atoms with van der Waals surface area (Å²) in [5, 5.41) is 8.40. The van der Waals surface area contributed by atoms with Crippen molar-refractivity contribution in [1.82, 2.24) is 0 Å². The molecule has 0 saturated carbocycles. The third-order valence-electron chi connectivity index (χ3n) is 1.96. The summed E-state index contributed by atoms with van der Waals surface area (Å²) in [4.78, 5) is 0. The fourth-order valence-corrected chi connectivity index (χ4v) is 2.12. The molecule has 0 aromatic carbocycles. The lowest BCUT2D eigenvalue weighted by molar-refractivity contribution is -0.220. The first-order valence-electron chi connectivity index (χ1n) is 3.82. The van der Waals surface area contributed by atoms with Crippen LogP contribution < -0.4 is 0 Å². The smallest absolute Gasteiger partial charge is 0.185 e. The van der Waals surface area contributed by atoms with Gasteiger partial charge in [0.2, 0.25) is 0 Å². The van der Waals surface area contributed by atoms with Crippen LogP contribution in [0.15, 0.2) is 0 Å². The molecule has 6 heteroatoms. The maximum absolute atomic E-state index is 9.51. The SMILES string of the molecule is CO[C@@H]1O[C@@H](CCl)[C@@H](Cl)[C@@H](Cl)[C@H]1O. The molecular formula is C7H11Cl3O3. The van der Waals surface area contributed by atoms with E-state index in [1.807, 2.05) is 0 Å². The van der Waals surface area contributed by atoms with E-state index in [4.69, 9.17) is 44.3 Å². The number of hydrogen-bond donors (Lipinski definition) is 1. The van der Waals surface area contributed by atoms with Crippen molar-refractivity contribution < 1.29 is 14.6 Å². The van der Waals surface area contributed by atoms with Gasteiger partial charge in [0.05, 0.1) is 22.7 Å². The summed E-state index contributed by atoms with van der Waals surface area (Å²) in [6.45, 7) is 0. The fourth-order valence-electron chi connectivity index (χ4n) is 1.19. The van der Waals surface area contributed by atoms with Crippen LogP contribution in [0.4, 0.5) is 0 Å². The maximum Gasteiger partial charge on any atom is 0.185 e. The quantitative estimate of drug-likeness (QED) is 0.747. The first-order chi connectivity index (χ1) is 6.11. The Hall–Kier alpha value is 0.750. The summed E-state index contributed by atoms with van der Waals surface area (Å²) in [5.74, 6) is 0.226. The molecule has 0 aromatic heterocycles. The highest BCUT2D eigenvalue weighted by atomic mass is 35.5. The van der Waals surface area contributed by atoms with Gasteiger partial charge in [0.1, 0.15) is 6.10 Å². The van der Waals surface area contributed by atoms with E-state index in [9.17, 15) is 5.11 Å². The molecular weight excluding hydrogens is 238 g/mol. The molecule has 13 heavy (non-hydrogen) atoms. The van der Waals surface area contributed by atoms with Gasteiger partial charge < -0.3 is 14.6 Å². The van der Waals surface area contributed by atoms with Crippen molar-refractivity contribution in [2.75, 3.05) is 13.0 Å². The molecule has 0 unspecified atom stereocenters. The maximum atomic E-state index is 9.51. The summed E-state index contributed by atoms with van der Waals surface area (Å²) < 4.78 is 10.1. The van der Waals surface area contributed by atoms with E-state index in [0.29, 0.717) is 0 Å². The van der Waals surface area contributed by atoms with Crippen LogP contribution in [0.1, 0.15) is 0 Å². The zero-order chi connectivity index (χ0) is 10.0. The van der Waals surface area contributed by atoms with Gasteiger partial charge in [0.25, 0.3) is 0 Å². The van der Waals surface area contributed by atoms with E-state index in [0.717, 1.165) is 0 Å². The zero-order valence-corrected chi connectivity index (χ0v) is 9.26. The molecule has 1 aliphatic rings. The molecule has 1 saturated heterocycles. The first-order valence-corrected chi connectivity index (χ1v) is 5.23. The normalized spacial score (nSPS) is 46.4. The molecule has 0 bridgehead atoms. The molecule has 0 aromatic rings. The second kappa shape index (κ2) is 5.01. The molecule has 1 heterocycles. The van der Waals surface area contributed by atoms with Crippen molar-refractivity contribution in [3.8, 4) is 0 Å². The van der Waals surface area contributed by atoms with Gasteiger partial charge in [0, 0.05) is 7.11 Å². The number of alkyl halides is 3. The largest absolute Gasteiger partial charge is 0.386 e. The van der Waals surface area contributed by atoms with Crippen LogP contribution >= 0.6 is 34.8 Å². The summed E-state index contributed by atoms with van der Waals surface area (Å²) in [6.07, 6.45) is -2.06. The molecule has 0 aliphatic carbocycles. The summed E-state index contributed by atoms with van der Waals surface area (Å²) in [5.41, 5.74) is 0. The van der Waals surface area contributed by atoms with Gasteiger partial charge in [0.15, 0.2) is 6.29 Å². The topological polar surface area (TPSA) is 38.7 Å². The van der Waals surface area contributed by atoms with Gasteiger partial charge in [-0.15, -0.1) is 34.8 Å². The molecule has 78 valence electrons. The number of aliphatic hydroxyl groups excluding tert-OH is 1. The molecule has 0 radical (unpaired) electrons. The number of hydrogen-bond acceptors (Lipinski definition) is 3. The predicted molar refractivity (Wildman–Crippen MR) is 51.7 cm³/mol. The Morgan fingerprint density at radius 3 is 2.46 bits per heavy atom. The molecule has 1 N–H and O–H groups in total. The van der Waals surface area contributed by atoms with Gasteiger partial charge in [-0.1, -0.05) is 0 Å². The van der Waals surface area contributed by atoms with Crippen LogP contribution in [-0.4, -0.2) is 47.3 Å². The Balaban J connectivity index is 2.66. The van der Waals surface area contributed by atoms with Crippen LogP contribution in [-0.2, 0) is 9.47 Å². The van der Waals surface area contributed by atoms with Crippen molar-refractivity contribution >= 4 is 34.8 Å². The highest BCUT2D eigenvalue weighted by molar-refractivity contribution is 6.31.